The fourth-order valence-corrected chi connectivity index (χ4v) is 6.52. The summed E-state index contributed by atoms with van der Waals surface area (Å²) in [5.41, 5.74) is 4.58. The van der Waals surface area contributed by atoms with Gasteiger partial charge in [-0.25, -0.2) is 29.9 Å². The summed E-state index contributed by atoms with van der Waals surface area (Å²) in [5.74, 6) is 3.15. The Bertz CT molecular complexity index is 2670. The standard InChI is InChI=1S/C22H19N5O2.C14H13N5.C8H7ClO2.C6H15N.C2H6/c1-29-19-10-6-5-9-17(19)22(28)27-20(12-11-16-7-3-2-4-8-16)25-21(26-27)18-13-14-23-15-24-18;1-2-4-11(5-3-1)6-7-13-17-14(19-18-13)12-8-9-15-10-16-12;1-11-7-5-3-2-4-6(7)8(9)10;1-4-7(5-2)6-3;1-2/h2-10,13-15H,11-12H2,1H3;1-5,8-10H,6-7H2,(H,17,18,19);2-5H,1H3;4-6H2,1-3H3;1-2H3/i;;;;1D. The molecule has 15 nitrogen and oxygen atoms in total. The lowest BCUT2D eigenvalue weighted by molar-refractivity contribution is 0.0937. The van der Waals surface area contributed by atoms with Gasteiger partial charge in [-0.1, -0.05) is 120 Å². The number of aromatic amines is 1. The Morgan fingerprint density at radius 1 is 0.647 bits per heavy atom. The molecule has 354 valence electrons. The van der Waals surface area contributed by atoms with E-state index in [1.54, 1.807) is 73.9 Å². The minimum atomic E-state index is -0.498. The number of carbonyl (C=O) groups excluding carboxylic acids is 2. The molecule has 0 atom stereocenters. The molecule has 0 aliphatic rings. The third-order valence-corrected chi connectivity index (χ3v) is 10.2. The molecule has 0 amide bonds. The first-order chi connectivity index (χ1) is 33.7. The highest BCUT2D eigenvalue weighted by Gasteiger charge is 2.22. The summed E-state index contributed by atoms with van der Waals surface area (Å²) in [7, 11) is 3.04. The van der Waals surface area contributed by atoms with Crippen molar-refractivity contribution in [2.24, 2.45) is 0 Å². The van der Waals surface area contributed by atoms with Gasteiger partial charge in [0.15, 0.2) is 5.82 Å². The van der Waals surface area contributed by atoms with Crippen LogP contribution in [0.1, 0.15) is 79.5 Å². The Labute approximate surface area is 405 Å². The molecule has 0 saturated heterocycles. The molecule has 4 aromatic carbocycles. The van der Waals surface area contributed by atoms with Crippen molar-refractivity contribution in [1.82, 2.24) is 54.8 Å². The van der Waals surface area contributed by atoms with E-state index in [9.17, 15) is 9.59 Å². The van der Waals surface area contributed by atoms with Gasteiger partial charge >= 0.3 is 0 Å². The van der Waals surface area contributed by atoms with Crippen LogP contribution in [-0.2, 0) is 25.7 Å². The average Bonchev–Trinajstić information content (AvgIpc) is 4.08. The maximum Gasteiger partial charge on any atom is 0.283 e. The van der Waals surface area contributed by atoms with E-state index < -0.39 is 5.24 Å². The molecular weight excluding hydrogens is 878 g/mol. The highest BCUT2D eigenvalue weighted by atomic mass is 35.5. The van der Waals surface area contributed by atoms with Crippen LogP contribution in [0.2, 0.25) is 0 Å². The van der Waals surface area contributed by atoms with E-state index in [1.165, 1.54) is 56.8 Å². The van der Waals surface area contributed by atoms with Crippen LogP contribution in [0.4, 0.5) is 0 Å². The van der Waals surface area contributed by atoms with Gasteiger partial charge in [0.2, 0.25) is 5.82 Å². The van der Waals surface area contributed by atoms with Crippen molar-refractivity contribution in [1.29, 1.82) is 0 Å². The molecule has 8 rings (SSSR count). The SMILES string of the molecule is CCN(CC)CC.COc1ccccc1C(=O)Cl.COc1ccccc1C(=O)n1nc(-c2ccncn2)nc1CCc1ccccc1.[2H]CC.c1ccc(CCc2nc(-c3ccncn3)n[nH]2)cc1. The summed E-state index contributed by atoms with van der Waals surface area (Å²) in [6.07, 6.45) is 9.31. The highest BCUT2D eigenvalue weighted by molar-refractivity contribution is 6.68. The minimum Gasteiger partial charge on any atom is -0.496 e. The first kappa shape index (κ1) is 51.5. The van der Waals surface area contributed by atoms with E-state index in [0.29, 0.717) is 59.1 Å². The summed E-state index contributed by atoms with van der Waals surface area (Å²) in [5, 5.41) is 11.1. The van der Waals surface area contributed by atoms with Crippen LogP contribution in [0.5, 0.6) is 11.5 Å². The fraction of sp³-hybridized carbons (Fsp3) is 0.269. The summed E-state index contributed by atoms with van der Waals surface area (Å²) in [6.45, 7) is 12.4. The first-order valence-electron chi connectivity index (χ1n) is 22.9. The molecule has 8 aromatic rings. The molecule has 4 heterocycles. The Kier molecular flexibility index (Phi) is 22.7. The number of methoxy groups -OCH3 is 2. The Balaban J connectivity index is 0.000000221. The fourth-order valence-electron chi connectivity index (χ4n) is 6.37. The van der Waals surface area contributed by atoms with Gasteiger partial charge < -0.3 is 14.4 Å². The molecular formula is C52H60ClN11O4. The van der Waals surface area contributed by atoms with E-state index >= 15 is 0 Å². The Morgan fingerprint density at radius 2 is 1.13 bits per heavy atom. The molecule has 0 fully saturated rings. The Morgan fingerprint density at radius 3 is 1.60 bits per heavy atom. The van der Waals surface area contributed by atoms with Crippen molar-refractivity contribution < 1.29 is 20.4 Å². The molecule has 1 N–H and O–H groups in total. The number of para-hydroxylation sites is 2. The smallest absolute Gasteiger partial charge is 0.283 e. The maximum absolute atomic E-state index is 13.3. The van der Waals surface area contributed by atoms with Gasteiger partial charge in [0.05, 0.1) is 25.3 Å². The molecule has 0 spiro atoms. The van der Waals surface area contributed by atoms with E-state index in [4.69, 9.17) is 22.4 Å². The molecule has 0 unspecified atom stereocenters. The lowest BCUT2D eigenvalue weighted by atomic mass is 10.1. The number of halogens is 1. The molecule has 0 bridgehead atoms. The van der Waals surface area contributed by atoms with Gasteiger partial charge in [0.25, 0.3) is 11.1 Å². The average molecular weight is 940 g/mol. The predicted molar refractivity (Wildman–Crippen MR) is 267 cm³/mol. The number of hydrogen-bond donors (Lipinski definition) is 1. The zero-order valence-corrected chi connectivity index (χ0v) is 40.3. The van der Waals surface area contributed by atoms with Gasteiger partial charge in [0, 0.05) is 26.6 Å². The quantitative estimate of drug-likeness (QED) is 0.0961. The van der Waals surface area contributed by atoms with Crippen molar-refractivity contribution in [2.45, 2.75) is 60.3 Å². The Hall–Kier alpha value is -7.49. The first-order valence-corrected chi connectivity index (χ1v) is 22.6. The van der Waals surface area contributed by atoms with Gasteiger partial charge in [0.1, 0.15) is 47.2 Å². The molecule has 68 heavy (non-hydrogen) atoms. The molecule has 0 aliphatic carbocycles. The van der Waals surface area contributed by atoms with Crippen LogP contribution in [0, 0.1) is 0 Å². The second-order valence-electron chi connectivity index (χ2n) is 14.1. The zero-order valence-electron chi connectivity index (χ0n) is 40.5. The zero-order chi connectivity index (χ0) is 49.6. The molecule has 0 radical (unpaired) electrons. The number of nitrogens with one attached hydrogen (secondary N) is 1. The molecule has 0 saturated carbocycles. The number of benzene rings is 4. The van der Waals surface area contributed by atoms with Crippen LogP contribution in [0.3, 0.4) is 0 Å². The number of H-pyrrole nitrogens is 1. The summed E-state index contributed by atoms with van der Waals surface area (Å²) < 4.78 is 17.8. The van der Waals surface area contributed by atoms with E-state index in [2.05, 4.69) is 83.0 Å². The normalized spacial score (nSPS) is 10.3. The van der Waals surface area contributed by atoms with E-state index in [0.717, 1.165) is 36.3 Å². The number of hydrogen-bond acceptors (Lipinski definition) is 13. The van der Waals surface area contributed by atoms with Crippen LogP contribution >= 0.6 is 11.6 Å². The third kappa shape index (κ3) is 16.7. The largest absolute Gasteiger partial charge is 0.496 e. The summed E-state index contributed by atoms with van der Waals surface area (Å²) >= 11 is 5.27. The van der Waals surface area contributed by atoms with Gasteiger partial charge in [-0.2, -0.15) is 9.78 Å². The predicted octanol–water partition coefficient (Wildman–Crippen LogP) is 9.71. The van der Waals surface area contributed by atoms with E-state index in [-0.39, 0.29) is 5.91 Å². The van der Waals surface area contributed by atoms with Crippen molar-refractivity contribution in [3.63, 3.8) is 0 Å². The van der Waals surface area contributed by atoms with Crippen LogP contribution < -0.4 is 9.47 Å². The van der Waals surface area contributed by atoms with Crippen LogP contribution in [-0.4, -0.2) is 99.8 Å². The number of aryl methyl sites for hydroxylation is 4. The number of nitrogens with zero attached hydrogens (tertiary/aromatic N) is 10. The van der Waals surface area contributed by atoms with Gasteiger partial charge in [-0.15, -0.1) is 5.10 Å². The number of aromatic nitrogens is 10. The maximum atomic E-state index is 13.3. The van der Waals surface area contributed by atoms with Crippen LogP contribution in [0.25, 0.3) is 23.0 Å². The lowest BCUT2D eigenvalue weighted by Crippen LogP contribution is -2.21. The lowest BCUT2D eigenvalue weighted by Gasteiger charge is -2.13. The minimum absolute atomic E-state index is 0.293. The number of rotatable bonds is 15. The van der Waals surface area contributed by atoms with Crippen LogP contribution in [0.15, 0.2) is 146 Å². The highest BCUT2D eigenvalue weighted by Crippen LogP contribution is 2.22. The second kappa shape index (κ2) is 29.9. The molecule has 4 aromatic heterocycles. The van der Waals surface area contributed by atoms with Gasteiger partial charge in [-0.3, -0.25) is 14.7 Å². The third-order valence-electron chi connectivity index (χ3n) is 9.99. The second-order valence-corrected chi connectivity index (χ2v) is 14.5. The summed E-state index contributed by atoms with van der Waals surface area (Å²) in [4.78, 5) is 51.5. The summed E-state index contributed by atoms with van der Waals surface area (Å²) in [6, 6.07) is 37.8. The monoisotopic (exact) mass is 938 g/mol. The van der Waals surface area contributed by atoms with Crippen molar-refractivity contribution >= 4 is 22.8 Å². The molecule has 16 heteroatoms. The topological polar surface area (TPSA) is 180 Å². The molecule has 0 aliphatic heterocycles. The van der Waals surface area contributed by atoms with Crippen molar-refractivity contribution in [3.8, 4) is 34.5 Å². The van der Waals surface area contributed by atoms with E-state index in [1.807, 2.05) is 54.6 Å². The number of ether oxygens (including phenoxy) is 2. The van der Waals surface area contributed by atoms with Gasteiger partial charge in [-0.05, 0) is 91.6 Å². The number of carbonyl (C=O) groups is 2. The van der Waals surface area contributed by atoms with Crippen molar-refractivity contribution in [3.05, 3.63) is 180 Å². The van der Waals surface area contributed by atoms with Crippen molar-refractivity contribution in [2.75, 3.05) is 33.9 Å².